The van der Waals surface area contributed by atoms with Gasteiger partial charge in [0.25, 0.3) is 0 Å². The lowest BCUT2D eigenvalue weighted by atomic mass is 9.61. The van der Waals surface area contributed by atoms with Crippen LogP contribution in [-0.2, 0) is 0 Å². The smallest absolute Gasteiger partial charge is 0.00474 e. The first-order valence-corrected chi connectivity index (χ1v) is 6.10. The summed E-state index contributed by atoms with van der Waals surface area (Å²) in [7, 11) is 2.25. The minimum atomic E-state index is 0.539. The number of rotatable bonds is 0. The quantitative estimate of drug-likeness (QED) is 0.574. The first-order valence-electron chi connectivity index (χ1n) is 6.10. The van der Waals surface area contributed by atoms with Gasteiger partial charge in [-0.1, -0.05) is 20.8 Å². The maximum Gasteiger partial charge on any atom is 0.00474 e. The molecule has 2 aliphatic rings. The van der Waals surface area contributed by atoms with Crippen LogP contribution in [0.1, 0.15) is 46.5 Å². The van der Waals surface area contributed by atoms with Gasteiger partial charge >= 0.3 is 0 Å². The van der Waals surface area contributed by atoms with Gasteiger partial charge in [0.2, 0.25) is 0 Å². The zero-order valence-electron chi connectivity index (χ0n) is 10.3. The third-order valence-corrected chi connectivity index (χ3v) is 4.48. The van der Waals surface area contributed by atoms with Crippen LogP contribution in [0.2, 0.25) is 0 Å². The highest BCUT2D eigenvalue weighted by Crippen LogP contribution is 2.48. The van der Waals surface area contributed by atoms with Crippen LogP contribution in [0.15, 0.2) is 0 Å². The third-order valence-electron chi connectivity index (χ3n) is 4.48. The fourth-order valence-electron chi connectivity index (χ4n) is 3.51. The molecule has 1 nitrogen and oxygen atoms in total. The van der Waals surface area contributed by atoms with Crippen molar-refractivity contribution >= 4 is 0 Å². The van der Waals surface area contributed by atoms with E-state index in [0.717, 1.165) is 11.3 Å². The van der Waals surface area contributed by atoms with Gasteiger partial charge in [0.1, 0.15) is 0 Å². The van der Waals surface area contributed by atoms with E-state index < -0.39 is 0 Å². The van der Waals surface area contributed by atoms with Crippen molar-refractivity contribution in [2.75, 3.05) is 20.1 Å². The molecule has 0 amide bonds. The lowest BCUT2D eigenvalue weighted by Crippen LogP contribution is -2.56. The number of likely N-dealkylation sites (tertiary alicyclic amines) is 1. The monoisotopic (exact) mass is 195 g/mol. The standard InChI is InChI=1S/C13H25N/c1-12(2,3)11-5-7-13(8-6-11)9-14(4)10-13/h11H,5-10H2,1-4H3. The van der Waals surface area contributed by atoms with E-state index in [2.05, 4.69) is 32.7 Å². The van der Waals surface area contributed by atoms with Crippen molar-refractivity contribution in [3.05, 3.63) is 0 Å². The Hall–Kier alpha value is -0.0400. The van der Waals surface area contributed by atoms with Gasteiger partial charge < -0.3 is 4.90 Å². The van der Waals surface area contributed by atoms with Crippen molar-refractivity contribution in [3.63, 3.8) is 0 Å². The molecule has 1 aliphatic heterocycles. The molecular formula is C13H25N. The van der Waals surface area contributed by atoms with Crippen LogP contribution in [0, 0.1) is 16.7 Å². The number of nitrogens with zero attached hydrogens (tertiary/aromatic N) is 1. The Morgan fingerprint density at radius 3 is 1.93 bits per heavy atom. The molecule has 0 aromatic carbocycles. The van der Waals surface area contributed by atoms with Gasteiger partial charge in [0.05, 0.1) is 0 Å². The van der Waals surface area contributed by atoms with E-state index >= 15 is 0 Å². The Balaban J connectivity index is 1.87. The minimum Gasteiger partial charge on any atom is -0.305 e. The molecule has 1 saturated carbocycles. The van der Waals surface area contributed by atoms with Crippen molar-refractivity contribution in [1.29, 1.82) is 0 Å². The fourth-order valence-corrected chi connectivity index (χ4v) is 3.51. The van der Waals surface area contributed by atoms with Crippen LogP contribution in [0.5, 0.6) is 0 Å². The molecule has 0 radical (unpaired) electrons. The number of hydrogen-bond donors (Lipinski definition) is 0. The summed E-state index contributed by atoms with van der Waals surface area (Å²) in [5.41, 5.74) is 1.29. The fraction of sp³-hybridized carbons (Fsp3) is 1.00. The highest BCUT2D eigenvalue weighted by molar-refractivity contribution is 4.97. The van der Waals surface area contributed by atoms with Crippen LogP contribution in [-0.4, -0.2) is 25.0 Å². The molecule has 0 aromatic rings. The first kappa shape index (κ1) is 10.5. The second-order valence-electron chi connectivity index (χ2n) is 6.81. The molecule has 0 bridgehead atoms. The molecule has 0 N–H and O–H groups in total. The topological polar surface area (TPSA) is 3.24 Å². The SMILES string of the molecule is CN1CC2(CCC(C(C)(C)C)CC2)C1. The molecule has 1 aliphatic carbocycles. The molecule has 1 saturated heterocycles. The van der Waals surface area contributed by atoms with E-state index in [1.54, 1.807) is 0 Å². The predicted octanol–water partition coefficient (Wildman–Crippen LogP) is 3.15. The van der Waals surface area contributed by atoms with Gasteiger partial charge in [-0.15, -0.1) is 0 Å². The maximum atomic E-state index is 2.47. The Morgan fingerprint density at radius 1 is 1.07 bits per heavy atom. The Morgan fingerprint density at radius 2 is 1.57 bits per heavy atom. The van der Waals surface area contributed by atoms with Crippen molar-refractivity contribution in [2.45, 2.75) is 46.5 Å². The molecular weight excluding hydrogens is 170 g/mol. The number of hydrogen-bond acceptors (Lipinski definition) is 1. The summed E-state index contributed by atoms with van der Waals surface area (Å²) in [6, 6.07) is 0. The Bertz CT molecular complexity index is 198. The van der Waals surface area contributed by atoms with Crippen LogP contribution in [0.3, 0.4) is 0 Å². The average molecular weight is 195 g/mol. The first-order chi connectivity index (χ1) is 6.41. The van der Waals surface area contributed by atoms with E-state index in [9.17, 15) is 0 Å². The molecule has 2 fully saturated rings. The van der Waals surface area contributed by atoms with E-state index in [4.69, 9.17) is 0 Å². The van der Waals surface area contributed by atoms with Crippen molar-refractivity contribution < 1.29 is 0 Å². The highest BCUT2D eigenvalue weighted by atomic mass is 15.2. The van der Waals surface area contributed by atoms with Crippen molar-refractivity contribution in [1.82, 2.24) is 4.90 Å². The molecule has 14 heavy (non-hydrogen) atoms. The van der Waals surface area contributed by atoms with Gasteiger partial charge in [-0.05, 0) is 49.5 Å². The summed E-state index contributed by atoms with van der Waals surface area (Å²) in [4.78, 5) is 2.47. The van der Waals surface area contributed by atoms with Gasteiger partial charge in [-0.25, -0.2) is 0 Å². The maximum absolute atomic E-state index is 2.47. The zero-order chi connectivity index (χ0) is 10.4. The van der Waals surface area contributed by atoms with Crippen LogP contribution in [0.4, 0.5) is 0 Å². The zero-order valence-corrected chi connectivity index (χ0v) is 10.3. The summed E-state index contributed by atoms with van der Waals surface area (Å²) >= 11 is 0. The minimum absolute atomic E-state index is 0.539. The molecule has 1 heteroatoms. The van der Waals surface area contributed by atoms with Crippen LogP contribution >= 0.6 is 0 Å². The van der Waals surface area contributed by atoms with Crippen molar-refractivity contribution in [3.8, 4) is 0 Å². The summed E-state index contributed by atoms with van der Waals surface area (Å²) < 4.78 is 0. The summed E-state index contributed by atoms with van der Waals surface area (Å²) in [6.45, 7) is 9.95. The largest absolute Gasteiger partial charge is 0.305 e. The molecule has 1 spiro atoms. The second kappa shape index (κ2) is 3.23. The highest BCUT2D eigenvalue weighted by Gasteiger charge is 2.44. The molecule has 0 unspecified atom stereocenters. The summed E-state index contributed by atoms with van der Waals surface area (Å²) in [5, 5.41) is 0. The Kier molecular flexibility index (Phi) is 2.42. The predicted molar refractivity (Wildman–Crippen MR) is 61.3 cm³/mol. The lowest BCUT2D eigenvalue weighted by Gasteiger charge is -2.53. The van der Waals surface area contributed by atoms with Crippen LogP contribution in [0.25, 0.3) is 0 Å². The van der Waals surface area contributed by atoms with Gasteiger partial charge in [0.15, 0.2) is 0 Å². The summed E-state index contributed by atoms with van der Waals surface area (Å²) in [6.07, 6.45) is 5.91. The third kappa shape index (κ3) is 1.84. The second-order valence-corrected chi connectivity index (χ2v) is 6.81. The van der Waals surface area contributed by atoms with Gasteiger partial charge in [0, 0.05) is 13.1 Å². The Labute approximate surface area is 88.9 Å². The van der Waals surface area contributed by atoms with Crippen molar-refractivity contribution in [2.24, 2.45) is 16.7 Å². The van der Waals surface area contributed by atoms with E-state index in [1.807, 2.05) is 0 Å². The average Bonchev–Trinajstić information content (AvgIpc) is 2.01. The molecule has 0 atom stereocenters. The molecule has 2 rings (SSSR count). The summed E-state index contributed by atoms with van der Waals surface area (Å²) in [5.74, 6) is 0.971. The molecule has 0 aromatic heterocycles. The lowest BCUT2D eigenvalue weighted by molar-refractivity contribution is -0.0347. The van der Waals surface area contributed by atoms with E-state index in [0.29, 0.717) is 5.41 Å². The van der Waals surface area contributed by atoms with Crippen LogP contribution < -0.4 is 0 Å². The van der Waals surface area contributed by atoms with Gasteiger partial charge in [-0.3, -0.25) is 0 Å². The van der Waals surface area contributed by atoms with E-state index in [-0.39, 0.29) is 0 Å². The molecule has 1 heterocycles. The van der Waals surface area contributed by atoms with Gasteiger partial charge in [-0.2, -0.15) is 0 Å². The normalized spacial score (nSPS) is 29.1. The van der Waals surface area contributed by atoms with E-state index in [1.165, 1.54) is 38.8 Å². The molecule has 82 valence electrons.